The molecule has 1 aromatic carbocycles. The first-order valence-corrected chi connectivity index (χ1v) is 11.5. The molecule has 0 aliphatic carbocycles. The highest BCUT2D eigenvalue weighted by atomic mass is 35.8. The minimum atomic E-state index is -5.10. The minimum absolute atomic E-state index is 0.376. The first kappa shape index (κ1) is 21.2. The lowest BCUT2D eigenvalue weighted by Gasteiger charge is -2.32. The summed E-state index contributed by atoms with van der Waals surface area (Å²) in [6.45, 7) is -1.28. The van der Waals surface area contributed by atoms with Crippen LogP contribution in [0, 0.1) is 11.6 Å². The van der Waals surface area contributed by atoms with Crippen LogP contribution in [0.1, 0.15) is 11.5 Å². The lowest BCUT2D eigenvalue weighted by atomic mass is 9.91. The van der Waals surface area contributed by atoms with Crippen LogP contribution in [-0.4, -0.2) is 32.3 Å². The summed E-state index contributed by atoms with van der Waals surface area (Å²) >= 11 is 0. The Labute approximate surface area is 151 Å². The Morgan fingerprint density at radius 1 is 1.12 bits per heavy atom. The van der Waals surface area contributed by atoms with E-state index in [0.717, 1.165) is 10.8 Å². The molecule has 0 fully saturated rings. The van der Waals surface area contributed by atoms with E-state index >= 15 is 0 Å². The van der Waals surface area contributed by atoms with Crippen LogP contribution in [0.5, 0.6) is 0 Å². The summed E-state index contributed by atoms with van der Waals surface area (Å²) in [7, 11) is -1.69. The summed E-state index contributed by atoms with van der Waals surface area (Å²) in [6.07, 6.45) is -2.47. The number of rotatable bonds is 6. The molecule has 1 heterocycles. The number of allylic oxidation sites excluding steroid dienone is 2. The maximum Gasteiger partial charge on any atom is 0.397 e. The normalized spacial score (nSPS) is 20.1. The summed E-state index contributed by atoms with van der Waals surface area (Å²) in [6, 6.07) is -0.902. The topological polar surface area (TPSA) is 66.4 Å². The Morgan fingerprint density at radius 3 is 2.04 bits per heavy atom. The van der Waals surface area contributed by atoms with E-state index in [4.69, 9.17) is 10.7 Å². The lowest BCUT2D eigenvalue weighted by Crippen LogP contribution is -2.47. The Hall–Kier alpha value is -1.14. The maximum atomic E-state index is 13.5. The Kier molecular flexibility index (Phi) is 6.08. The van der Waals surface area contributed by atoms with E-state index in [2.05, 4.69) is 0 Å². The van der Waals surface area contributed by atoms with Crippen molar-refractivity contribution in [2.24, 2.45) is 0 Å². The molecule has 26 heavy (non-hydrogen) atoms. The summed E-state index contributed by atoms with van der Waals surface area (Å²) in [5, 5.41) is 11.6. The zero-order chi connectivity index (χ0) is 19.8. The van der Waals surface area contributed by atoms with Crippen LogP contribution in [-0.2, 0) is 9.06 Å². The number of aliphatic hydroxyl groups excluding tert-OH is 1. The van der Waals surface area contributed by atoms with E-state index in [1.54, 1.807) is 4.72 Å². The Bertz CT molecular complexity index is 809. The fourth-order valence-corrected chi connectivity index (χ4v) is 6.85. The van der Waals surface area contributed by atoms with Crippen LogP contribution in [0.4, 0.5) is 22.0 Å². The van der Waals surface area contributed by atoms with Gasteiger partial charge in [-0.1, -0.05) is 12.2 Å². The number of halogens is 6. The van der Waals surface area contributed by atoms with Crippen molar-refractivity contribution in [2.45, 2.75) is 18.1 Å². The van der Waals surface area contributed by atoms with E-state index in [1.165, 1.54) is 12.2 Å². The highest BCUT2D eigenvalue weighted by Crippen LogP contribution is 2.63. The molecule has 4 nitrogen and oxygen atoms in total. The zero-order valence-electron chi connectivity index (χ0n) is 12.8. The largest absolute Gasteiger partial charge is 0.397 e. The van der Waals surface area contributed by atoms with Gasteiger partial charge in [0.05, 0.1) is 18.6 Å². The number of nitrogens with one attached hydrogen (secondary N) is 1. The highest BCUT2D eigenvalue weighted by Gasteiger charge is 2.48. The van der Waals surface area contributed by atoms with Crippen molar-refractivity contribution in [2.75, 3.05) is 6.61 Å². The average Bonchev–Trinajstić information content (AvgIpc) is 2.92. The predicted molar refractivity (Wildman–Crippen MR) is 89.8 cm³/mol. The first-order chi connectivity index (χ1) is 11.9. The van der Waals surface area contributed by atoms with Gasteiger partial charge in [-0.2, -0.15) is 17.9 Å². The van der Waals surface area contributed by atoms with E-state index in [-0.39, 0.29) is 0 Å². The van der Waals surface area contributed by atoms with Crippen molar-refractivity contribution in [3.05, 3.63) is 58.4 Å². The van der Waals surface area contributed by atoms with Crippen LogP contribution in [0.15, 0.2) is 41.2 Å². The average molecular weight is 438 g/mol. The van der Waals surface area contributed by atoms with Crippen LogP contribution < -0.4 is 4.72 Å². The van der Waals surface area contributed by atoms with Gasteiger partial charge in [0.2, 0.25) is 0 Å². The van der Waals surface area contributed by atoms with E-state index in [1.807, 2.05) is 0 Å². The van der Waals surface area contributed by atoms with Gasteiger partial charge >= 0.3 is 6.18 Å². The van der Waals surface area contributed by atoms with Gasteiger partial charge in [0.1, 0.15) is 11.6 Å². The second kappa shape index (κ2) is 7.47. The summed E-state index contributed by atoms with van der Waals surface area (Å²) in [5.74, 6) is -5.23. The third kappa shape index (κ3) is 4.39. The van der Waals surface area contributed by atoms with Crippen molar-refractivity contribution >= 4 is 28.0 Å². The molecule has 2 atom stereocenters. The van der Waals surface area contributed by atoms with Gasteiger partial charge in [-0.15, -0.1) is 0 Å². The molecule has 1 aromatic rings. The van der Waals surface area contributed by atoms with Crippen LogP contribution in [0.2, 0.25) is 0 Å². The number of aliphatic hydroxyl groups is 1. The number of hydrogen-bond acceptors (Lipinski definition) is 3. The lowest BCUT2D eigenvalue weighted by molar-refractivity contribution is -0.158. The van der Waals surface area contributed by atoms with E-state index in [9.17, 15) is 35.5 Å². The molecule has 0 spiro atoms. The van der Waals surface area contributed by atoms with Crippen molar-refractivity contribution in [3.63, 3.8) is 0 Å². The Morgan fingerprint density at radius 2 is 1.62 bits per heavy atom. The second-order valence-corrected chi connectivity index (χ2v) is 13.2. The van der Waals surface area contributed by atoms with Crippen LogP contribution >= 0.6 is 19.0 Å². The van der Waals surface area contributed by atoms with Crippen molar-refractivity contribution in [3.8, 4) is 0 Å². The molecule has 2 rings (SSSR count). The smallest absolute Gasteiger partial charge is 0.395 e. The van der Waals surface area contributed by atoms with Gasteiger partial charge in [-0.05, 0) is 47.5 Å². The van der Waals surface area contributed by atoms with Crippen LogP contribution in [0.3, 0.4) is 0 Å². The maximum absolute atomic E-state index is 13.5. The molecule has 0 bridgehead atoms. The molecule has 1 aliphatic heterocycles. The molecule has 0 saturated heterocycles. The SMILES string of the molecule is O=S(=O)(N[C@H](CO)[C@@H](c1cc(F)cc(F)c1)C(F)(F)F)S1(Cl)C=CC=C1. The minimum Gasteiger partial charge on any atom is -0.395 e. The van der Waals surface area contributed by atoms with Gasteiger partial charge in [0.25, 0.3) is 9.06 Å². The number of hydrogen-bond donors (Lipinski definition) is 2. The quantitative estimate of drug-likeness (QED) is 0.525. The second-order valence-electron chi connectivity index (χ2n) is 5.31. The van der Waals surface area contributed by atoms with Crippen molar-refractivity contribution in [1.29, 1.82) is 0 Å². The molecular formula is C14H13ClF5NO3S2. The van der Waals surface area contributed by atoms with Crippen LogP contribution in [0.25, 0.3) is 0 Å². The summed E-state index contributed by atoms with van der Waals surface area (Å²) in [4.78, 5) is 0. The van der Waals surface area contributed by atoms with Gasteiger partial charge in [-0.25, -0.2) is 17.2 Å². The fraction of sp³-hybridized carbons (Fsp3) is 0.286. The van der Waals surface area contributed by atoms with Gasteiger partial charge in [0, 0.05) is 6.07 Å². The molecule has 0 radical (unpaired) electrons. The first-order valence-electron chi connectivity index (χ1n) is 6.93. The number of benzene rings is 1. The molecule has 0 saturated carbocycles. The molecule has 12 heteroatoms. The summed E-state index contributed by atoms with van der Waals surface area (Å²) in [5.41, 5.74) is -0.868. The van der Waals surface area contributed by atoms with E-state index in [0.29, 0.717) is 18.2 Å². The number of alkyl halides is 3. The molecule has 146 valence electrons. The Balaban J connectivity index is 2.46. The molecule has 1 aliphatic rings. The molecule has 2 N–H and O–H groups in total. The molecule has 0 amide bonds. The summed E-state index contributed by atoms with van der Waals surface area (Å²) < 4.78 is 93.7. The monoisotopic (exact) mass is 437 g/mol. The predicted octanol–water partition coefficient (Wildman–Crippen LogP) is 3.81. The van der Waals surface area contributed by atoms with Gasteiger partial charge in [-0.3, -0.25) is 0 Å². The third-order valence-electron chi connectivity index (χ3n) is 3.47. The van der Waals surface area contributed by atoms with Gasteiger partial charge < -0.3 is 5.11 Å². The molecule has 0 unspecified atom stereocenters. The molecule has 0 aromatic heterocycles. The van der Waals surface area contributed by atoms with Crippen molar-refractivity contribution in [1.82, 2.24) is 4.72 Å². The fourth-order valence-electron chi connectivity index (χ4n) is 2.37. The van der Waals surface area contributed by atoms with Gasteiger partial charge in [0.15, 0.2) is 0 Å². The van der Waals surface area contributed by atoms with E-state index < -0.39 is 59.3 Å². The molecular weight excluding hydrogens is 425 g/mol. The zero-order valence-corrected chi connectivity index (χ0v) is 15.1. The standard InChI is InChI=1S/C14H13ClF5NO3S2/c15-25(3-1-2-4-25)26(23,24)21-12(8-22)13(14(18,19)20)9-5-10(16)7-11(17)6-9/h1-7,12-13,21-22H,8H2/t12-,13-/m1/s1. The highest BCUT2D eigenvalue weighted by molar-refractivity contribution is 9.01. The van der Waals surface area contributed by atoms with Crippen molar-refractivity contribution < 1.29 is 35.5 Å². The third-order valence-corrected chi connectivity index (χ3v) is 10.9.